The van der Waals surface area contributed by atoms with Gasteiger partial charge in [0.15, 0.2) is 5.79 Å². The molecule has 1 aromatic heterocycles. The highest BCUT2D eigenvalue weighted by Gasteiger charge is 2.42. The van der Waals surface area contributed by atoms with Gasteiger partial charge in [-0.15, -0.1) is 0 Å². The Hall–Kier alpha value is -2.74. The zero-order valence-corrected chi connectivity index (χ0v) is 18.1. The number of fused-ring (bicyclic) bond motifs is 1. The first-order chi connectivity index (χ1) is 15.0. The highest BCUT2D eigenvalue weighted by atomic mass is 79.9. The van der Waals surface area contributed by atoms with Gasteiger partial charge < -0.3 is 19.7 Å². The van der Waals surface area contributed by atoms with Gasteiger partial charge in [0, 0.05) is 36.3 Å². The molecule has 2 fully saturated rings. The normalized spacial score (nSPS) is 24.5. The predicted octanol–water partition coefficient (Wildman–Crippen LogP) is 2.10. The summed E-state index contributed by atoms with van der Waals surface area (Å²) in [7, 11) is 0. The van der Waals surface area contributed by atoms with E-state index in [9.17, 15) is 14.9 Å². The molecule has 160 valence electrons. The van der Waals surface area contributed by atoms with E-state index in [1.807, 2.05) is 23.1 Å². The first-order valence-corrected chi connectivity index (χ1v) is 10.9. The van der Waals surface area contributed by atoms with Gasteiger partial charge in [-0.3, -0.25) is 14.6 Å². The number of hydrogen-bond acceptors (Lipinski definition) is 7. The fourth-order valence-electron chi connectivity index (χ4n) is 4.52. The van der Waals surface area contributed by atoms with Gasteiger partial charge in [-0.1, -0.05) is 28.1 Å². The number of carbonyl (C=O) groups is 1. The number of halogens is 1. The van der Waals surface area contributed by atoms with E-state index in [0.717, 1.165) is 4.47 Å². The molecule has 2 unspecified atom stereocenters. The number of anilines is 2. The van der Waals surface area contributed by atoms with Crippen LogP contribution in [-0.2, 0) is 14.3 Å². The Labute approximate surface area is 186 Å². The smallest absolute Gasteiger partial charge is 0.258 e. The minimum Gasteiger partial charge on any atom is -0.347 e. The van der Waals surface area contributed by atoms with Crippen LogP contribution in [0, 0.1) is 17.2 Å². The van der Waals surface area contributed by atoms with E-state index in [1.54, 1.807) is 12.1 Å². The summed E-state index contributed by atoms with van der Waals surface area (Å²) in [4.78, 5) is 35.2. The molecule has 0 saturated carbocycles. The molecule has 2 N–H and O–H groups in total. The monoisotopic (exact) mass is 485 g/mol. The van der Waals surface area contributed by atoms with Crippen LogP contribution in [0.1, 0.15) is 29.9 Å². The first kappa shape index (κ1) is 20.2. The SMILES string of the molecule is N#CC1C(=O)Nc2nc(N3CCC4(CC3)OCCO4)[nH]c(=O)c2C1c1ccc(Br)cc1. The molecule has 31 heavy (non-hydrogen) atoms. The van der Waals surface area contributed by atoms with Crippen LogP contribution >= 0.6 is 15.9 Å². The largest absolute Gasteiger partial charge is 0.347 e. The van der Waals surface area contributed by atoms with E-state index >= 15 is 0 Å². The van der Waals surface area contributed by atoms with Crippen molar-refractivity contribution in [1.29, 1.82) is 5.26 Å². The molecule has 1 aromatic carbocycles. The molecule has 4 heterocycles. The molecule has 2 aromatic rings. The maximum absolute atomic E-state index is 13.2. The number of benzene rings is 1. The number of amides is 1. The average molecular weight is 486 g/mol. The molecule has 2 saturated heterocycles. The topological polar surface area (TPSA) is 120 Å². The number of aromatic amines is 1. The summed E-state index contributed by atoms with van der Waals surface area (Å²) in [6.07, 6.45) is 1.33. The molecule has 0 radical (unpaired) electrons. The summed E-state index contributed by atoms with van der Waals surface area (Å²) >= 11 is 3.39. The van der Waals surface area contributed by atoms with Gasteiger partial charge in [-0.05, 0) is 17.7 Å². The Morgan fingerprint density at radius 3 is 2.48 bits per heavy atom. The van der Waals surface area contributed by atoms with Crippen LogP contribution in [0.3, 0.4) is 0 Å². The molecule has 1 amide bonds. The maximum atomic E-state index is 13.2. The van der Waals surface area contributed by atoms with E-state index in [2.05, 4.69) is 31.2 Å². The number of nitrogens with zero attached hydrogens (tertiary/aromatic N) is 3. The minimum absolute atomic E-state index is 0.205. The van der Waals surface area contributed by atoms with E-state index < -0.39 is 23.5 Å². The lowest BCUT2D eigenvalue weighted by Crippen LogP contribution is -2.46. The second-order valence-corrected chi connectivity index (χ2v) is 8.79. The summed E-state index contributed by atoms with van der Waals surface area (Å²) in [5.74, 6) is -2.12. The predicted molar refractivity (Wildman–Crippen MR) is 115 cm³/mol. The molecule has 3 aliphatic rings. The van der Waals surface area contributed by atoms with Gasteiger partial charge in [0.25, 0.3) is 5.56 Å². The Kier molecular flexibility index (Phi) is 5.04. The van der Waals surface area contributed by atoms with Crippen LogP contribution in [0.2, 0.25) is 0 Å². The van der Waals surface area contributed by atoms with Crippen molar-refractivity contribution < 1.29 is 14.3 Å². The summed E-state index contributed by atoms with van der Waals surface area (Å²) in [6, 6.07) is 9.30. The molecular weight excluding hydrogens is 466 g/mol. The third-order valence-corrected chi connectivity index (χ3v) is 6.65. The van der Waals surface area contributed by atoms with Crippen molar-refractivity contribution in [1.82, 2.24) is 9.97 Å². The third-order valence-electron chi connectivity index (χ3n) is 6.12. The summed E-state index contributed by atoms with van der Waals surface area (Å²) in [5, 5.41) is 12.3. The molecule has 3 aliphatic heterocycles. The number of piperidine rings is 1. The molecule has 5 rings (SSSR count). The number of nitrogens with one attached hydrogen (secondary N) is 2. The van der Waals surface area contributed by atoms with Crippen molar-refractivity contribution in [3.8, 4) is 6.07 Å². The molecule has 2 atom stereocenters. The zero-order chi connectivity index (χ0) is 21.6. The van der Waals surface area contributed by atoms with Crippen molar-refractivity contribution >= 4 is 33.6 Å². The number of H-pyrrole nitrogens is 1. The maximum Gasteiger partial charge on any atom is 0.258 e. The summed E-state index contributed by atoms with van der Waals surface area (Å²) in [5.41, 5.74) is 0.649. The lowest BCUT2D eigenvalue weighted by Gasteiger charge is -2.38. The number of aromatic nitrogens is 2. The Morgan fingerprint density at radius 1 is 1.16 bits per heavy atom. The van der Waals surface area contributed by atoms with E-state index in [1.165, 1.54) is 0 Å². The van der Waals surface area contributed by atoms with Gasteiger partial charge in [0.2, 0.25) is 11.9 Å². The lowest BCUT2D eigenvalue weighted by molar-refractivity contribution is -0.169. The minimum atomic E-state index is -1.02. The molecular formula is C21H20BrN5O4. The number of hydrogen-bond donors (Lipinski definition) is 2. The van der Waals surface area contributed by atoms with E-state index in [4.69, 9.17) is 9.47 Å². The van der Waals surface area contributed by atoms with Crippen LogP contribution in [0.4, 0.5) is 11.8 Å². The van der Waals surface area contributed by atoms with Gasteiger partial charge in [-0.2, -0.15) is 10.2 Å². The van der Waals surface area contributed by atoms with E-state index in [-0.39, 0.29) is 11.4 Å². The molecule has 9 nitrogen and oxygen atoms in total. The van der Waals surface area contributed by atoms with Gasteiger partial charge in [-0.25, -0.2) is 0 Å². The van der Waals surface area contributed by atoms with Crippen LogP contribution in [0.5, 0.6) is 0 Å². The molecule has 10 heteroatoms. The van der Waals surface area contributed by atoms with E-state index in [0.29, 0.717) is 56.2 Å². The van der Waals surface area contributed by atoms with Crippen molar-refractivity contribution in [2.75, 3.05) is 36.5 Å². The van der Waals surface area contributed by atoms with Crippen molar-refractivity contribution in [3.63, 3.8) is 0 Å². The zero-order valence-electron chi connectivity index (χ0n) is 16.6. The number of rotatable bonds is 2. The Morgan fingerprint density at radius 2 is 1.84 bits per heavy atom. The summed E-state index contributed by atoms with van der Waals surface area (Å²) in [6.45, 7) is 2.40. The molecule has 1 spiro atoms. The fourth-order valence-corrected chi connectivity index (χ4v) is 4.79. The standard InChI is InChI=1S/C21H20BrN5O4/c22-13-3-1-12(2-4-13)15-14(11-23)18(28)24-17-16(15)19(29)26-20(25-17)27-7-5-21(6-8-27)30-9-10-31-21/h1-4,14-15H,5-10H2,(H2,24,25,26,28,29). The fraction of sp³-hybridized carbons (Fsp3) is 0.429. The molecule has 0 aliphatic carbocycles. The highest BCUT2D eigenvalue weighted by molar-refractivity contribution is 9.10. The quantitative estimate of drug-likeness (QED) is 0.667. The summed E-state index contributed by atoms with van der Waals surface area (Å²) < 4.78 is 12.4. The first-order valence-electron chi connectivity index (χ1n) is 10.1. The Bertz CT molecular complexity index is 1110. The number of carbonyl (C=O) groups excluding carboxylic acids is 1. The van der Waals surface area contributed by atoms with Gasteiger partial charge >= 0.3 is 0 Å². The van der Waals surface area contributed by atoms with Gasteiger partial charge in [0.05, 0.1) is 24.8 Å². The van der Waals surface area contributed by atoms with Crippen LogP contribution < -0.4 is 15.8 Å². The number of ether oxygens (including phenoxy) is 2. The number of nitriles is 1. The second kappa shape index (κ2) is 7.75. The van der Waals surface area contributed by atoms with Gasteiger partial charge in [0.1, 0.15) is 11.7 Å². The van der Waals surface area contributed by atoms with Crippen LogP contribution in [0.15, 0.2) is 33.5 Å². The highest BCUT2D eigenvalue weighted by Crippen LogP contribution is 2.39. The van der Waals surface area contributed by atoms with Crippen LogP contribution in [-0.4, -0.2) is 48.0 Å². The molecule has 0 bridgehead atoms. The lowest BCUT2D eigenvalue weighted by atomic mass is 9.79. The second-order valence-electron chi connectivity index (χ2n) is 7.87. The van der Waals surface area contributed by atoms with Crippen LogP contribution in [0.25, 0.3) is 0 Å². The third kappa shape index (κ3) is 3.52. The van der Waals surface area contributed by atoms with Crippen molar-refractivity contribution in [2.45, 2.75) is 24.5 Å². The Balaban J connectivity index is 1.50. The average Bonchev–Trinajstić information content (AvgIpc) is 3.21. The van der Waals surface area contributed by atoms with Crippen molar-refractivity contribution in [2.24, 2.45) is 5.92 Å². The van der Waals surface area contributed by atoms with Crippen molar-refractivity contribution in [3.05, 3.63) is 50.2 Å².